The van der Waals surface area contributed by atoms with E-state index in [4.69, 9.17) is 41.7 Å². The Morgan fingerprint density at radius 2 is 1.04 bits per heavy atom. The van der Waals surface area contributed by atoms with Crippen molar-refractivity contribution in [1.82, 2.24) is 0 Å². The third-order valence-corrected chi connectivity index (χ3v) is 4.05. The summed E-state index contributed by atoms with van der Waals surface area (Å²) in [5.41, 5.74) is 0. The van der Waals surface area contributed by atoms with E-state index in [-0.39, 0.29) is 13.2 Å². The van der Waals surface area contributed by atoms with Gasteiger partial charge in [-0.15, -0.1) is 0 Å². The average molecular weight is 391 g/mol. The van der Waals surface area contributed by atoms with Crippen LogP contribution in [0.3, 0.4) is 0 Å². The van der Waals surface area contributed by atoms with E-state index in [0.717, 1.165) is 0 Å². The molecule has 0 spiro atoms. The summed E-state index contributed by atoms with van der Waals surface area (Å²) >= 11 is 11.6. The van der Waals surface area contributed by atoms with Gasteiger partial charge in [0.25, 0.3) is 0 Å². The molecule has 0 unspecified atom stereocenters. The van der Waals surface area contributed by atoms with Gasteiger partial charge in [-0.3, -0.25) is 0 Å². The molecule has 2 aromatic carbocycles. The molecule has 24 heavy (non-hydrogen) atoms. The van der Waals surface area contributed by atoms with Crippen LogP contribution in [-0.4, -0.2) is 31.3 Å². The molecule has 0 saturated carbocycles. The lowest BCUT2D eigenvalue weighted by molar-refractivity contribution is 0.149. The van der Waals surface area contributed by atoms with Crippen LogP contribution in [0.4, 0.5) is 0 Å². The highest BCUT2D eigenvalue weighted by Crippen LogP contribution is 2.32. The Balaban J connectivity index is 1.51. The Bertz CT molecular complexity index is 541. The van der Waals surface area contributed by atoms with Crippen molar-refractivity contribution in [1.29, 1.82) is 0 Å². The summed E-state index contributed by atoms with van der Waals surface area (Å²) in [7, 11) is -1.95. The average Bonchev–Trinajstić information content (AvgIpc) is 2.59. The Labute approximate surface area is 152 Å². The van der Waals surface area contributed by atoms with Crippen LogP contribution in [0, 0.1) is 0 Å². The first-order valence-corrected chi connectivity index (χ1v) is 9.04. The standard InChI is InChI=1S/C16H17Cl2O5P/c17-13-1-5-15(6-2-13)20-9-11-22-24(19)23-12-10-21-16-7-3-14(18)4-8-16/h1-8,19H,9-12H2. The van der Waals surface area contributed by atoms with Gasteiger partial charge in [0.1, 0.15) is 24.7 Å². The number of hydrogen-bond donors (Lipinski definition) is 1. The van der Waals surface area contributed by atoms with Gasteiger partial charge in [-0.05, 0) is 48.5 Å². The lowest BCUT2D eigenvalue weighted by Gasteiger charge is -2.12. The van der Waals surface area contributed by atoms with Crippen LogP contribution in [0.2, 0.25) is 10.0 Å². The SMILES string of the molecule is OP(OCCOc1ccc(Cl)cc1)OCCOc1ccc(Cl)cc1. The van der Waals surface area contributed by atoms with Crippen LogP contribution < -0.4 is 9.47 Å². The monoisotopic (exact) mass is 390 g/mol. The summed E-state index contributed by atoms with van der Waals surface area (Å²) in [6, 6.07) is 14.0. The van der Waals surface area contributed by atoms with Crippen molar-refractivity contribution in [3.05, 3.63) is 58.6 Å². The smallest absolute Gasteiger partial charge is 0.330 e. The van der Waals surface area contributed by atoms with Gasteiger partial charge in [-0.25, -0.2) is 0 Å². The summed E-state index contributed by atoms with van der Waals surface area (Å²) in [4.78, 5) is 9.59. The molecule has 0 fully saturated rings. The molecule has 0 heterocycles. The number of ether oxygens (including phenoxy) is 2. The molecule has 0 atom stereocenters. The Hall–Kier alpha value is -1.07. The number of rotatable bonds is 10. The van der Waals surface area contributed by atoms with Crippen LogP contribution >= 0.6 is 31.8 Å². The van der Waals surface area contributed by atoms with E-state index < -0.39 is 8.60 Å². The minimum absolute atomic E-state index is 0.211. The summed E-state index contributed by atoms with van der Waals surface area (Å²) in [5.74, 6) is 1.37. The number of hydrogen-bond acceptors (Lipinski definition) is 5. The molecule has 0 radical (unpaired) electrons. The fraction of sp³-hybridized carbons (Fsp3) is 0.250. The van der Waals surface area contributed by atoms with Crippen molar-refractivity contribution in [2.45, 2.75) is 0 Å². The van der Waals surface area contributed by atoms with Crippen LogP contribution in [0.5, 0.6) is 11.5 Å². The molecule has 0 aliphatic rings. The molecular weight excluding hydrogens is 374 g/mol. The predicted molar refractivity (Wildman–Crippen MR) is 94.9 cm³/mol. The number of benzene rings is 2. The topological polar surface area (TPSA) is 57.2 Å². The Morgan fingerprint density at radius 1 is 0.667 bits per heavy atom. The zero-order valence-electron chi connectivity index (χ0n) is 12.7. The van der Waals surface area contributed by atoms with Crippen molar-refractivity contribution in [2.24, 2.45) is 0 Å². The first-order valence-electron chi connectivity index (χ1n) is 7.15. The van der Waals surface area contributed by atoms with Crippen molar-refractivity contribution in [3.8, 4) is 11.5 Å². The van der Waals surface area contributed by atoms with E-state index in [1.54, 1.807) is 48.5 Å². The fourth-order valence-electron chi connectivity index (χ4n) is 1.65. The van der Waals surface area contributed by atoms with Crippen molar-refractivity contribution in [2.75, 3.05) is 26.4 Å². The van der Waals surface area contributed by atoms with Gasteiger partial charge < -0.3 is 23.4 Å². The first kappa shape index (κ1) is 19.3. The Morgan fingerprint density at radius 3 is 1.42 bits per heavy atom. The quantitative estimate of drug-likeness (QED) is 0.470. The lowest BCUT2D eigenvalue weighted by atomic mass is 10.3. The third kappa shape index (κ3) is 7.67. The molecular formula is C16H17Cl2O5P. The highest BCUT2D eigenvalue weighted by atomic mass is 35.5. The summed E-state index contributed by atoms with van der Waals surface area (Å²) < 4.78 is 21.1. The van der Waals surface area contributed by atoms with E-state index in [1.165, 1.54) is 0 Å². The molecule has 0 aliphatic heterocycles. The van der Waals surface area contributed by atoms with E-state index >= 15 is 0 Å². The molecule has 1 N–H and O–H groups in total. The van der Waals surface area contributed by atoms with Crippen molar-refractivity contribution < 1.29 is 23.4 Å². The Kier molecular flexibility index (Phi) is 8.60. The first-order chi connectivity index (χ1) is 11.6. The second kappa shape index (κ2) is 10.7. The van der Waals surface area contributed by atoms with Crippen LogP contribution in [0.15, 0.2) is 48.5 Å². The maximum absolute atomic E-state index is 9.59. The molecule has 0 aliphatic carbocycles. The minimum Gasteiger partial charge on any atom is -0.491 e. The van der Waals surface area contributed by atoms with E-state index in [0.29, 0.717) is 34.8 Å². The number of halogens is 2. The van der Waals surface area contributed by atoms with Crippen LogP contribution in [0.25, 0.3) is 0 Å². The molecule has 0 aromatic heterocycles. The maximum Gasteiger partial charge on any atom is 0.330 e. The molecule has 130 valence electrons. The fourth-order valence-corrected chi connectivity index (χ4v) is 2.44. The lowest BCUT2D eigenvalue weighted by Crippen LogP contribution is -2.08. The molecule has 8 heteroatoms. The van der Waals surface area contributed by atoms with E-state index in [1.807, 2.05) is 0 Å². The third-order valence-electron chi connectivity index (χ3n) is 2.73. The molecule has 0 bridgehead atoms. The van der Waals surface area contributed by atoms with Gasteiger partial charge in [0.2, 0.25) is 0 Å². The van der Waals surface area contributed by atoms with Gasteiger partial charge >= 0.3 is 8.60 Å². The molecule has 5 nitrogen and oxygen atoms in total. The second-order valence-electron chi connectivity index (χ2n) is 4.51. The van der Waals surface area contributed by atoms with Crippen molar-refractivity contribution >= 4 is 31.8 Å². The van der Waals surface area contributed by atoms with Gasteiger partial charge in [0.15, 0.2) is 0 Å². The summed E-state index contributed by atoms with van der Waals surface area (Å²) in [6.45, 7) is 1.02. The van der Waals surface area contributed by atoms with Crippen LogP contribution in [-0.2, 0) is 9.05 Å². The van der Waals surface area contributed by atoms with Gasteiger partial charge in [0.05, 0.1) is 13.2 Å². The second-order valence-corrected chi connectivity index (χ2v) is 6.37. The maximum atomic E-state index is 9.59. The summed E-state index contributed by atoms with van der Waals surface area (Å²) in [5, 5.41) is 1.29. The summed E-state index contributed by atoms with van der Waals surface area (Å²) in [6.07, 6.45) is 0. The van der Waals surface area contributed by atoms with Crippen LogP contribution in [0.1, 0.15) is 0 Å². The normalized spacial score (nSPS) is 10.8. The largest absolute Gasteiger partial charge is 0.491 e. The zero-order chi connectivity index (χ0) is 17.2. The van der Waals surface area contributed by atoms with Crippen molar-refractivity contribution in [3.63, 3.8) is 0 Å². The van der Waals surface area contributed by atoms with E-state index in [9.17, 15) is 4.89 Å². The van der Waals surface area contributed by atoms with Gasteiger partial charge in [-0.2, -0.15) is 0 Å². The predicted octanol–water partition coefficient (Wildman–Crippen LogP) is 4.70. The zero-order valence-corrected chi connectivity index (χ0v) is 15.1. The molecule has 2 aromatic rings. The van der Waals surface area contributed by atoms with Gasteiger partial charge in [0, 0.05) is 10.0 Å². The molecule has 0 amide bonds. The highest BCUT2D eigenvalue weighted by Gasteiger charge is 2.07. The van der Waals surface area contributed by atoms with Gasteiger partial charge in [-0.1, -0.05) is 23.2 Å². The molecule has 0 saturated heterocycles. The highest BCUT2D eigenvalue weighted by molar-refractivity contribution is 7.40. The van der Waals surface area contributed by atoms with E-state index in [2.05, 4.69) is 0 Å². The minimum atomic E-state index is -1.95. The molecule has 2 rings (SSSR count).